The van der Waals surface area contributed by atoms with Crippen molar-refractivity contribution in [3.63, 3.8) is 0 Å². The second-order valence-electron chi connectivity index (χ2n) is 3.93. The van der Waals surface area contributed by atoms with Crippen molar-refractivity contribution in [2.24, 2.45) is 0 Å². The summed E-state index contributed by atoms with van der Waals surface area (Å²) in [5, 5.41) is 18.0. The fraction of sp³-hybridized carbons (Fsp3) is 0.200. The van der Waals surface area contributed by atoms with Crippen molar-refractivity contribution in [1.82, 2.24) is 15.0 Å². The normalized spacial score (nSPS) is 11.6. The van der Waals surface area contributed by atoms with Gasteiger partial charge in [-0.3, -0.25) is 10.1 Å². The topological polar surface area (TPSA) is 99.9 Å². The van der Waals surface area contributed by atoms with Crippen LogP contribution in [0.4, 0.5) is 24.7 Å². The largest absolute Gasteiger partial charge is 0.416 e. The van der Waals surface area contributed by atoms with Crippen LogP contribution in [0.5, 0.6) is 0 Å². The van der Waals surface area contributed by atoms with E-state index in [-0.39, 0.29) is 11.5 Å². The third-order valence-electron chi connectivity index (χ3n) is 2.66. The number of nitro benzene ring substituents is 1. The maximum absolute atomic E-state index is 12.6. The predicted molar refractivity (Wildman–Crippen MR) is 62.2 cm³/mol. The number of nitro groups is 1. The second-order valence-corrected chi connectivity index (χ2v) is 3.93. The number of benzene rings is 1. The SMILES string of the molecule is Cc1c(N)nnn1-c1ccc(C(F)(F)F)cc1[N+](=O)[O-]. The molecule has 10 heteroatoms. The third kappa shape index (κ3) is 2.27. The number of halogens is 3. The second kappa shape index (κ2) is 4.47. The predicted octanol–water partition coefficient (Wildman–Crippen LogP) is 2.08. The fourth-order valence-electron chi connectivity index (χ4n) is 1.59. The minimum absolute atomic E-state index is 0.0409. The van der Waals surface area contributed by atoms with Crippen molar-refractivity contribution in [3.8, 4) is 5.69 Å². The molecule has 20 heavy (non-hydrogen) atoms. The van der Waals surface area contributed by atoms with Gasteiger partial charge in [-0.15, -0.1) is 5.10 Å². The summed E-state index contributed by atoms with van der Waals surface area (Å²) in [5.74, 6) is 0.0409. The zero-order valence-electron chi connectivity index (χ0n) is 10.0. The third-order valence-corrected chi connectivity index (χ3v) is 2.66. The molecule has 0 unspecified atom stereocenters. The number of anilines is 1. The Morgan fingerprint density at radius 3 is 2.50 bits per heavy atom. The van der Waals surface area contributed by atoms with Crippen molar-refractivity contribution in [3.05, 3.63) is 39.6 Å². The van der Waals surface area contributed by atoms with E-state index >= 15 is 0 Å². The molecule has 0 aliphatic carbocycles. The Balaban J connectivity index is 2.66. The van der Waals surface area contributed by atoms with E-state index in [2.05, 4.69) is 10.3 Å². The molecule has 0 radical (unpaired) electrons. The average Bonchev–Trinajstić information content (AvgIpc) is 2.68. The van der Waals surface area contributed by atoms with E-state index in [0.29, 0.717) is 11.8 Å². The smallest absolute Gasteiger partial charge is 0.381 e. The standard InChI is InChI=1S/C10H8F3N5O2/c1-5-9(14)15-16-17(5)7-3-2-6(10(11,12)13)4-8(7)18(19)20/h2-4H,14H2,1H3. The lowest BCUT2D eigenvalue weighted by molar-refractivity contribution is -0.384. The molecule has 1 aromatic carbocycles. The van der Waals surface area contributed by atoms with Crippen molar-refractivity contribution < 1.29 is 18.1 Å². The molecule has 106 valence electrons. The first-order valence-electron chi connectivity index (χ1n) is 5.25. The summed E-state index contributed by atoms with van der Waals surface area (Å²) in [7, 11) is 0. The number of nitrogens with two attached hydrogens (primary N) is 1. The monoisotopic (exact) mass is 287 g/mol. The van der Waals surface area contributed by atoms with Gasteiger partial charge in [-0.2, -0.15) is 13.2 Å². The van der Waals surface area contributed by atoms with Crippen LogP contribution in [0.25, 0.3) is 5.69 Å². The van der Waals surface area contributed by atoms with Gasteiger partial charge < -0.3 is 5.73 Å². The van der Waals surface area contributed by atoms with Gasteiger partial charge in [0, 0.05) is 6.07 Å². The summed E-state index contributed by atoms with van der Waals surface area (Å²) < 4.78 is 38.7. The van der Waals surface area contributed by atoms with Gasteiger partial charge in [-0.1, -0.05) is 5.21 Å². The molecule has 0 spiro atoms. The lowest BCUT2D eigenvalue weighted by Gasteiger charge is -2.09. The number of aromatic nitrogens is 3. The molecule has 0 saturated carbocycles. The van der Waals surface area contributed by atoms with Gasteiger partial charge in [0.15, 0.2) is 5.82 Å². The van der Waals surface area contributed by atoms with Crippen LogP contribution in [0, 0.1) is 17.0 Å². The summed E-state index contributed by atoms with van der Waals surface area (Å²) in [6.07, 6.45) is -4.67. The van der Waals surface area contributed by atoms with E-state index in [9.17, 15) is 23.3 Å². The molecule has 7 nitrogen and oxygen atoms in total. The number of hydrogen-bond acceptors (Lipinski definition) is 5. The molecular formula is C10H8F3N5O2. The molecule has 1 heterocycles. The maximum atomic E-state index is 12.6. The molecule has 2 rings (SSSR count). The number of alkyl halides is 3. The van der Waals surface area contributed by atoms with Gasteiger partial charge in [0.2, 0.25) is 0 Å². The van der Waals surface area contributed by atoms with E-state index in [1.165, 1.54) is 6.92 Å². The first-order chi connectivity index (χ1) is 9.21. The number of rotatable bonds is 2. The summed E-state index contributed by atoms with van der Waals surface area (Å²) in [6.45, 7) is 1.50. The van der Waals surface area contributed by atoms with Crippen molar-refractivity contribution in [2.45, 2.75) is 13.1 Å². The van der Waals surface area contributed by atoms with Gasteiger partial charge in [-0.05, 0) is 19.1 Å². The summed E-state index contributed by atoms with van der Waals surface area (Å²) in [6, 6.07) is 2.15. The molecule has 0 amide bonds. The fourth-order valence-corrected chi connectivity index (χ4v) is 1.59. The van der Waals surface area contributed by atoms with Crippen LogP contribution < -0.4 is 5.73 Å². The van der Waals surface area contributed by atoms with Crippen molar-refractivity contribution >= 4 is 11.5 Å². The van der Waals surface area contributed by atoms with Crippen LogP contribution in [0.15, 0.2) is 18.2 Å². The van der Waals surface area contributed by atoms with Gasteiger partial charge in [0.25, 0.3) is 5.69 Å². The van der Waals surface area contributed by atoms with E-state index < -0.39 is 22.4 Å². The summed E-state index contributed by atoms with van der Waals surface area (Å²) in [4.78, 5) is 10.0. The van der Waals surface area contributed by atoms with Crippen molar-refractivity contribution in [2.75, 3.05) is 5.73 Å². The van der Waals surface area contributed by atoms with Crippen LogP contribution in [0.2, 0.25) is 0 Å². The summed E-state index contributed by atoms with van der Waals surface area (Å²) in [5.41, 5.74) is 3.78. The van der Waals surface area contributed by atoms with Crippen molar-refractivity contribution in [1.29, 1.82) is 0 Å². The molecular weight excluding hydrogens is 279 g/mol. The van der Waals surface area contributed by atoms with Gasteiger partial charge >= 0.3 is 6.18 Å². The zero-order chi connectivity index (χ0) is 15.1. The first kappa shape index (κ1) is 13.8. The Hall–Kier alpha value is -2.65. The van der Waals surface area contributed by atoms with Crippen LogP contribution in [-0.2, 0) is 6.18 Å². The Labute approximate surface area is 110 Å². The van der Waals surface area contributed by atoms with Gasteiger partial charge in [0.1, 0.15) is 5.69 Å². The quantitative estimate of drug-likeness (QED) is 0.673. The van der Waals surface area contributed by atoms with Crippen LogP contribution in [0.1, 0.15) is 11.3 Å². The lowest BCUT2D eigenvalue weighted by atomic mass is 10.1. The Morgan fingerprint density at radius 1 is 1.40 bits per heavy atom. The number of nitrogens with zero attached hydrogens (tertiary/aromatic N) is 4. The molecule has 0 bridgehead atoms. The van der Waals surface area contributed by atoms with E-state index in [1.54, 1.807) is 0 Å². The molecule has 0 saturated heterocycles. The molecule has 0 aliphatic heterocycles. The minimum atomic E-state index is -4.67. The first-order valence-corrected chi connectivity index (χ1v) is 5.25. The van der Waals surface area contributed by atoms with Gasteiger partial charge in [-0.25, -0.2) is 4.68 Å². The van der Waals surface area contributed by atoms with Crippen LogP contribution >= 0.6 is 0 Å². The molecule has 0 aliphatic rings. The zero-order valence-corrected chi connectivity index (χ0v) is 10.0. The highest BCUT2D eigenvalue weighted by Crippen LogP contribution is 2.34. The number of hydrogen-bond donors (Lipinski definition) is 1. The van der Waals surface area contributed by atoms with E-state index in [1.807, 2.05) is 0 Å². The minimum Gasteiger partial charge on any atom is -0.381 e. The average molecular weight is 287 g/mol. The lowest BCUT2D eigenvalue weighted by Crippen LogP contribution is -2.09. The number of nitrogen functional groups attached to an aromatic ring is 1. The summed E-state index contributed by atoms with van der Waals surface area (Å²) >= 11 is 0. The maximum Gasteiger partial charge on any atom is 0.416 e. The highest BCUT2D eigenvalue weighted by Gasteiger charge is 2.33. The Morgan fingerprint density at radius 2 is 2.05 bits per heavy atom. The van der Waals surface area contributed by atoms with E-state index in [0.717, 1.165) is 16.8 Å². The highest BCUT2D eigenvalue weighted by molar-refractivity contribution is 5.56. The molecule has 2 aromatic rings. The Kier molecular flexibility index (Phi) is 3.08. The molecule has 1 aromatic heterocycles. The molecule has 0 fully saturated rings. The van der Waals surface area contributed by atoms with E-state index in [4.69, 9.17) is 5.73 Å². The van der Waals surface area contributed by atoms with Gasteiger partial charge in [0.05, 0.1) is 16.2 Å². The molecule has 2 N–H and O–H groups in total. The van der Waals surface area contributed by atoms with Crippen LogP contribution in [-0.4, -0.2) is 19.9 Å². The van der Waals surface area contributed by atoms with Crippen LogP contribution in [0.3, 0.4) is 0 Å². The highest BCUT2D eigenvalue weighted by atomic mass is 19.4. The Bertz CT molecular complexity index is 680. The molecule has 0 atom stereocenters.